The molecular weight excluding hydrogens is 191 g/mol. The standard InChI is InChI=1S/C11H14BO3/c13-12-9-4-6-10(7-5-9)15-11-3-1-2-8-14-11/h4-7,11,13H,1-3,8H2. The van der Waals surface area contributed by atoms with E-state index < -0.39 is 0 Å². The molecule has 79 valence electrons. The Morgan fingerprint density at radius 2 is 2.07 bits per heavy atom. The second kappa shape index (κ2) is 5.19. The van der Waals surface area contributed by atoms with Crippen LogP contribution in [0.25, 0.3) is 0 Å². The van der Waals surface area contributed by atoms with Crippen molar-refractivity contribution in [3.05, 3.63) is 24.3 Å². The van der Waals surface area contributed by atoms with Gasteiger partial charge in [-0.15, -0.1) is 0 Å². The summed E-state index contributed by atoms with van der Waals surface area (Å²) >= 11 is 0. The lowest BCUT2D eigenvalue weighted by Crippen LogP contribution is -2.25. The first-order valence-corrected chi connectivity index (χ1v) is 5.24. The third-order valence-electron chi connectivity index (χ3n) is 2.43. The largest absolute Gasteiger partial charge is 0.465 e. The minimum absolute atomic E-state index is 0.109. The number of hydrogen-bond donors (Lipinski definition) is 1. The van der Waals surface area contributed by atoms with Crippen molar-refractivity contribution in [2.24, 2.45) is 0 Å². The molecule has 0 saturated carbocycles. The predicted octanol–water partition coefficient (Wildman–Crippen LogP) is 0.829. The van der Waals surface area contributed by atoms with E-state index in [9.17, 15) is 0 Å². The summed E-state index contributed by atoms with van der Waals surface area (Å²) in [7, 11) is 1.07. The van der Waals surface area contributed by atoms with E-state index >= 15 is 0 Å². The highest BCUT2D eigenvalue weighted by atomic mass is 16.7. The molecule has 1 unspecified atom stereocenters. The van der Waals surface area contributed by atoms with Gasteiger partial charge in [0.1, 0.15) is 5.75 Å². The van der Waals surface area contributed by atoms with Crippen molar-refractivity contribution in [3.8, 4) is 5.75 Å². The second-order valence-electron chi connectivity index (χ2n) is 3.61. The van der Waals surface area contributed by atoms with Crippen LogP contribution in [-0.2, 0) is 4.74 Å². The van der Waals surface area contributed by atoms with Gasteiger partial charge in [0, 0.05) is 6.42 Å². The summed E-state index contributed by atoms with van der Waals surface area (Å²) in [5.41, 5.74) is 0.770. The molecule has 0 bridgehead atoms. The molecule has 1 atom stereocenters. The van der Waals surface area contributed by atoms with Crippen LogP contribution in [0.5, 0.6) is 5.75 Å². The summed E-state index contributed by atoms with van der Waals surface area (Å²) < 4.78 is 11.1. The SMILES string of the molecule is O[B]c1ccc(OC2CCCCO2)cc1. The molecule has 0 amide bonds. The molecule has 1 aliphatic heterocycles. The van der Waals surface area contributed by atoms with Gasteiger partial charge in [-0.2, -0.15) is 0 Å². The normalized spacial score (nSPS) is 21.0. The Bertz CT molecular complexity index is 293. The quantitative estimate of drug-likeness (QED) is 0.742. The van der Waals surface area contributed by atoms with E-state index in [1.807, 2.05) is 12.1 Å². The van der Waals surface area contributed by atoms with E-state index in [0.717, 1.165) is 44.6 Å². The average molecular weight is 205 g/mol. The third-order valence-corrected chi connectivity index (χ3v) is 2.43. The van der Waals surface area contributed by atoms with E-state index in [2.05, 4.69) is 0 Å². The van der Waals surface area contributed by atoms with Crippen molar-refractivity contribution in [2.45, 2.75) is 25.6 Å². The lowest BCUT2D eigenvalue weighted by atomic mass is 9.89. The molecule has 0 aromatic heterocycles. The summed E-state index contributed by atoms with van der Waals surface area (Å²) in [6.45, 7) is 0.785. The lowest BCUT2D eigenvalue weighted by molar-refractivity contribution is -0.105. The van der Waals surface area contributed by atoms with Gasteiger partial charge in [-0.25, -0.2) is 0 Å². The fourth-order valence-corrected chi connectivity index (χ4v) is 1.59. The topological polar surface area (TPSA) is 38.7 Å². The predicted molar refractivity (Wildman–Crippen MR) is 58.3 cm³/mol. The lowest BCUT2D eigenvalue weighted by Gasteiger charge is -2.23. The third kappa shape index (κ3) is 2.98. The second-order valence-corrected chi connectivity index (χ2v) is 3.61. The number of rotatable bonds is 3. The zero-order valence-corrected chi connectivity index (χ0v) is 8.56. The van der Waals surface area contributed by atoms with E-state index in [0.29, 0.717) is 0 Å². The Morgan fingerprint density at radius 1 is 1.27 bits per heavy atom. The van der Waals surface area contributed by atoms with Gasteiger partial charge >= 0.3 is 7.48 Å². The molecule has 1 aliphatic rings. The molecule has 1 radical (unpaired) electrons. The first kappa shape index (κ1) is 10.5. The first-order valence-electron chi connectivity index (χ1n) is 5.24. The Morgan fingerprint density at radius 3 is 2.67 bits per heavy atom. The van der Waals surface area contributed by atoms with E-state index in [1.165, 1.54) is 0 Å². The summed E-state index contributed by atoms with van der Waals surface area (Å²) in [6.07, 6.45) is 3.13. The molecule has 3 nitrogen and oxygen atoms in total. The molecule has 1 heterocycles. The van der Waals surface area contributed by atoms with E-state index in [1.54, 1.807) is 12.1 Å². The molecule has 1 fully saturated rings. The Balaban J connectivity index is 1.91. The van der Waals surface area contributed by atoms with Gasteiger partial charge in [0.25, 0.3) is 0 Å². The maximum atomic E-state index is 8.76. The van der Waals surface area contributed by atoms with Gasteiger partial charge in [-0.1, -0.05) is 17.6 Å². The van der Waals surface area contributed by atoms with Crippen LogP contribution in [-0.4, -0.2) is 25.4 Å². The highest BCUT2D eigenvalue weighted by molar-refractivity contribution is 6.45. The van der Waals surface area contributed by atoms with E-state index in [-0.39, 0.29) is 6.29 Å². The zero-order valence-electron chi connectivity index (χ0n) is 8.56. The van der Waals surface area contributed by atoms with Crippen LogP contribution >= 0.6 is 0 Å². The van der Waals surface area contributed by atoms with Crippen LogP contribution in [0.15, 0.2) is 24.3 Å². The molecule has 0 spiro atoms. The highest BCUT2D eigenvalue weighted by Crippen LogP contribution is 2.17. The van der Waals surface area contributed by atoms with Gasteiger partial charge in [0.15, 0.2) is 6.29 Å². The van der Waals surface area contributed by atoms with Gasteiger partial charge in [0.2, 0.25) is 0 Å². The maximum Gasteiger partial charge on any atom is 0.326 e. The molecule has 1 aromatic rings. The molecule has 15 heavy (non-hydrogen) atoms. The number of hydrogen-bond acceptors (Lipinski definition) is 3. The number of ether oxygens (including phenoxy) is 2. The molecule has 4 heteroatoms. The zero-order chi connectivity index (χ0) is 10.5. The van der Waals surface area contributed by atoms with Crippen LogP contribution < -0.4 is 10.2 Å². The van der Waals surface area contributed by atoms with Crippen LogP contribution in [0, 0.1) is 0 Å². The summed E-state index contributed by atoms with van der Waals surface area (Å²) in [6, 6.07) is 7.27. The van der Waals surface area contributed by atoms with Crippen LogP contribution in [0.1, 0.15) is 19.3 Å². The molecule has 1 saturated heterocycles. The maximum absolute atomic E-state index is 8.76. The van der Waals surface area contributed by atoms with Crippen molar-refractivity contribution in [3.63, 3.8) is 0 Å². The average Bonchev–Trinajstić information content (AvgIpc) is 2.31. The van der Waals surface area contributed by atoms with Crippen molar-refractivity contribution in [2.75, 3.05) is 6.61 Å². The molecular formula is C11H14BO3. The molecule has 0 aliphatic carbocycles. The minimum Gasteiger partial charge on any atom is -0.465 e. The van der Waals surface area contributed by atoms with Crippen molar-refractivity contribution in [1.82, 2.24) is 0 Å². The van der Waals surface area contributed by atoms with Crippen LogP contribution in [0.2, 0.25) is 0 Å². The molecule has 2 rings (SSSR count). The van der Waals surface area contributed by atoms with Crippen molar-refractivity contribution < 1.29 is 14.5 Å². The molecule has 1 N–H and O–H groups in total. The fourth-order valence-electron chi connectivity index (χ4n) is 1.59. The first-order chi connectivity index (χ1) is 7.38. The van der Waals surface area contributed by atoms with Crippen molar-refractivity contribution in [1.29, 1.82) is 0 Å². The number of benzene rings is 1. The van der Waals surface area contributed by atoms with Gasteiger partial charge in [-0.3, -0.25) is 0 Å². The Kier molecular flexibility index (Phi) is 3.64. The van der Waals surface area contributed by atoms with E-state index in [4.69, 9.17) is 14.5 Å². The van der Waals surface area contributed by atoms with Crippen molar-refractivity contribution >= 4 is 12.9 Å². The minimum atomic E-state index is -0.109. The smallest absolute Gasteiger partial charge is 0.326 e. The highest BCUT2D eigenvalue weighted by Gasteiger charge is 2.14. The van der Waals surface area contributed by atoms with Gasteiger partial charge < -0.3 is 14.5 Å². The van der Waals surface area contributed by atoms with Crippen LogP contribution in [0.4, 0.5) is 0 Å². The van der Waals surface area contributed by atoms with Gasteiger partial charge in [-0.05, 0) is 25.0 Å². The van der Waals surface area contributed by atoms with Gasteiger partial charge in [0.05, 0.1) is 6.61 Å². The fraction of sp³-hybridized carbons (Fsp3) is 0.455. The monoisotopic (exact) mass is 205 g/mol. The summed E-state index contributed by atoms with van der Waals surface area (Å²) in [5, 5.41) is 8.76. The molecule has 1 aromatic carbocycles. The Hall–Kier alpha value is -0.995. The van der Waals surface area contributed by atoms with Crippen LogP contribution in [0.3, 0.4) is 0 Å². The summed E-state index contributed by atoms with van der Waals surface area (Å²) in [4.78, 5) is 0. The summed E-state index contributed by atoms with van der Waals surface area (Å²) in [5.74, 6) is 0.785. The Labute approximate surface area is 90.3 Å².